The quantitative estimate of drug-likeness (QED) is 0.759. The van der Waals surface area contributed by atoms with Gasteiger partial charge in [-0.15, -0.1) is 0 Å². The summed E-state index contributed by atoms with van der Waals surface area (Å²) >= 11 is 5.98. The van der Waals surface area contributed by atoms with E-state index in [9.17, 15) is 9.18 Å². The van der Waals surface area contributed by atoms with Gasteiger partial charge >= 0.3 is 0 Å². The Morgan fingerprint density at radius 3 is 2.76 bits per heavy atom. The van der Waals surface area contributed by atoms with Gasteiger partial charge < -0.3 is 4.90 Å². The molecule has 1 amide bonds. The van der Waals surface area contributed by atoms with Gasteiger partial charge in [-0.2, -0.15) is 0 Å². The maximum Gasteiger partial charge on any atom is 0.257 e. The molecule has 1 saturated carbocycles. The number of hydrogen-bond acceptors (Lipinski definition) is 2. The SMILES string of the molecule is CC(C)CCN(C(=O)c1cc(F)cnc1Cl)C1CCCC1. The van der Waals surface area contributed by atoms with Crippen molar-refractivity contribution in [3.8, 4) is 0 Å². The predicted molar refractivity (Wildman–Crippen MR) is 82.0 cm³/mol. The van der Waals surface area contributed by atoms with E-state index in [2.05, 4.69) is 18.8 Å². The summed E-state index contributed by atoms with van der Waals surface area (Å²) in [6.45, 7) is 4.95. The molecule has 0 N–H and O–H groups in total. The topological polar surface area (TPSA) is 33.2 Å². The van der Waals surface area contributed by atoms with Gasteiger partial charge in [0.25, 0.3) is 5.91 Å². The highest BCUT2D eigenvalue weighted by atomic mass is 35.5. The molecule has 0 unspecified atom stereocenters. The smallest absolute Gasteiger partial charge is 0.257 e. The summed E-state index contributed by atoms with van der Waals surface area (Å²) in [6.07, 6.45) is 6.29. The van der Waals surface area contributed by atoms with Crippen molar-refractivity contribution < 1.29 is 9.18 Å². The molecule has 0 bridgehead atoms. The third kappa shape index (κ3) is 4.16. The van der Waals surface area contributed by atoms with Crippen molar-refractivity contribution >= 4 is 17.5 Å². The molecule has 1 heterocycles. The van der Waals surface area contributed by atoms with E-state index in [4.69, 9.17) is 11.6 Å². The van der Waals surface area contributed by atoms with E-state index in [1.165, 1.54) is 6.07 Å². The van der Waals surface area contributed by atoms with E-state index in [0.717, 1.165) is 38.3 Å². The predicted octanol–water partition coefficient (Wildman–Crippen LogP) is 4.31. The largest absolute Gasteiger partial charge is 0.336 e. The van der Waals surface area contributed by atoms with E-state index in [1.807, 2.05) is 4.90 Å². The van der Waals surface area contributed by atoms with Crippen LogP contribution in [-0.2, 0) is 0 Å². The first kappa shape index (κ1) is 16.2. The van der Waals surface area contributed by atoms with Crippen LogP contribution in [0.5, 0.6) is 0 Å². The highest BCUT2D eigenvalue weighted by Gasteiger charge is 2.28. The Morgan fingerprint density at radius 1 is 1.48 bits per heavy atom. The van der Waals surface area contributed by atoms with Gasteiger partial charge in [0.1, 0.15) is 11.0 Å². The zero-order chi connectivity index (χ0) is 15.4. The molecule has 5 heteroatoms. The van der Waals surface area contributed by atoms with E-state index in [0.29, 0.717) is 12.5 Å². The molecule has 3 nitrogen and oxygen atoms in total. The minimum atomic E-state index is -0.530. The Hall–Kier alpha value is -1.16. The fraction of sp³-hybridized carbons (Fsp3) is 0.625. The molecule has 21 heavy (non-hydrogen) atoms. The van der Waals surface area contributed by atoms with Crippen LogP contribution in [-0.4, -0.2) is 28.4 Å². The highest BCUT2D eigenvalue weighted by molar-refractivity contribution is 6.32. The number of nitrogens with zero attached hydrogens (tertiary/aromatic N) is 2. The van der Waals surface area contributed by atoms with Gasteiger partial charge in [0, 0.05) is 12.6 Å². The number of hydrogen-bond donors (Lipinski definition) is 0. The zero-order valence-corrected chi connectivity index (χ0v) is 13.4. The van der Waals surface area contributed by atoms with E-state index in [1.54, 1.807) is 0 Å². The average Bonchev–Trinajstić information content (AvgIpc) is 2.95. The third-order valence-electron chi connectivity index (χ3n) is 4.01. The second-order valence-electron chi connectivity index (χ2n) is 6.11. The fourth-order valence-electron chi connectivity index (χ4n) is 2.79. The number of carbonyl (C=O) groups excluding carboxylic acids is 1. The van der Waals surface area contributed by atoms with Crippen molar-refractivity contribution in [2.45, 2.75) is 52.0 Å². The number of carbonyl (C=O) groups is 1. The van der Waals surface area contributed by atoms with Gasteiger partial charge in [-0.05, 0) is 31.2 Å². The summed E-state index contributed by atoms with van der Waals surface area (Å²) in [5.74, 6) is -0.208. The molecule has 1 aromatic rings. The minimum Gasteiger partial charge on any atom is -0.336 e. The van der Waals surface area contributed by atoms with Crippen molar-refractivity contribution in [3.63, 3.8) is 0 Å². The molecular formula is C16H22ClFN2O. The summed E-state index contributed by atoms with van der Waals surface area (Å²) in [6, 6.07) is 1.44. The lowest BCUT2D eigenvalue weighted by atomic mass is 10.1. The van der Waals surface area contributed by atoms with E-state index in [-0.39, 0.29) is 22.7 Å². The van der Waals surface area contributed by atoms with Crippen LogP contribution in [0.15, 0.2) is 12.3 Å². The van der Waals surface area contributed by atoms with Crippen LogP contribution in [0.2, 0.25) is 5.15 Å². The van der Waals surface area contributed by atoms with Crippen LogP contribution < -0.4 is 0 Å². The number of aromatic nitrogens is 1. The Bertz CT molecular complexity index is 501. The van der Waals surface area contributed by atoms with Crippen LogP contribution in [0.1, 0.15) is 56.3 Å². The lowest BCUT2D eigenvalue weighted by molar-refractivity contribution is 0.0671. The molecule has 2 rings (SSSR count). The average molecular weight is 313 g/mol. The first-order valence-electron chi connectivity index (χ1n) is 7.61. The van der Waals surface area contributed by atoms with Gasteiger partial charge in [-0.1, -0.05) is 38.3 Å². The van der Waals surface area contributed by atoms with Gasteiger partial charge in [0.15, 0.2) is 0 Å². The van der Waals surface area contributed by atoms with Crippen LogP contribution in [0.4, 0.5) is 4.39 Å². The van der Waals surface area contributed by atoms with Gasteiger partial charge in [-0.25, -0.2) is 9.37 Å². The first-order chi connectivity index (χ1) is 9.99. The molecule has 1 fully saturated rings. The molecule has 1 aromatic heterocycles. The second kappa shape index (κ2) is 7.21. The van der Waals surface area contributed by atoms with Crippen molar-refractivity contribution in [1.82, 2.24) is 9.88 Å². The zero-order valence-electron chi connectivity index (χ0n) is 12.6. The molecular weight excluding hydrogens is 291 g/mol. The summed E-state index contributed by atoms with van der Waals surface area (Å²) in [5, 5.41) is 0.0777. The van der Waals surface area contributed by atoms with Crippen LogP contribution >= 0.6 is 11.6 Å². The van der Waals surface area contributed by atoms with Gasteiger partial charge in [0.2, 0.25) is 0 Å². The molecule has 0 saturated heterocycles. The second-order valence-corrected chi connectivity index (χ2v) is 6.47. The normalized spacial score (nSPS) is 15.7. The molecule has 0 aliphatic heterocycles. The Balaban J connectivity index is 2.21. The van der Waals surface area contributed by atoms with Crippen molar-refractivity contribution in [2.24, 2.45) is 5.92 Å². The van der Waals surface area contributed by atoms with E-state index < -0.39 is 5.82 Å². The number of pyridine rings is 1. The highest BCUT2D eigenvalue weighted by Crippen LogP contribution is 2.27. The van der Waals surface area contributed by atoms with Gasteiger partial charge in [0.05, 0.1) is 11.8 Å². The van der Waals surface area contributed by atoms with E-state index >= 15 is 0 Å². The first-order valence-corrected chi connectivity index (χ1v) is 7.99. The lowest BCUT2D eigenvalue weighted by Crippen LogP contribution is -2.40. The molecule has 0 spiro atoms. The summed E-state index contributed by atoms with van der Waals surface area (Å²) in [5.41, 5.74) is 0.173. The van der Waals surface area contributed by atoms with Crippen molar-refractivity contribution in [1.29, 1.82) is 0 Å². The monoisotopic (exact) mass is 312 g/mol. The summed E-state index contributed by atoms with van der Waals surface area (Å²) in [7, 11) is 0. The number of halogens is 2. The van der Waals surface area contributed by atoms with Crippen molar-refractivity contribution in [3.05, 3.63) is 28.8 Å². The molecule has 1 aliphatic carbocycles. The standard InChI is InChI=1S/C16H22ClFN2O/c1-11(2)7-8-20(13-5-3-4-6-13)16(21)14-9-12(18)10-19-15(14)17/h9-11,13H,3-8H2,1-2H3. The minimum absolute atomic E-state index is 0.0777. The lowest BCUT2D eigenvalue weighted by Gasteiger charge is -2.30. The van der Waals surface area contributed by atoms with Crippen LogP contribution in [0.25, 0.3) is 0 Å². The van der Waals surface area contributed by atoms with Crippen LogP contribution in [0.3, 0.4) is 0 Å². The molecule has 0 radical (unpaired) electrons. The van der Waals surface area contributed by atoms with Crippen LogP contribution in [0, 0.1) is 11.7 Å². The number of rotatable bonds is 5. The van der Waals surface area contributed by atoms with Gasteiger partial charge in [-0.3, -0.25) is 4.79 Å². The maximum absolute atomic E-state index is 13.4. The maximum atomic E-state index is 13.4. The fourth-order valence-corrected chi connectivity index (χ4v) is 2.97. The molecule has 116 valence electrons. The Morgan fingerprint density at radius 2 is 2.14 bits per heavy atom. The molecule has 0 aromatic carbocycles. The summed E-state index contributed by atoms with van der Waals surface area (Å²) in [4.78, 5) is 18.4. The third-order valence-corrected chi connectivity index (χ3v) is 4.31. The summed E-state index contributed by atoms with van der Waals surface area (Å²) < 4.78 is 13.4. The van der Waals surface area contributed by atoms with Crippen molar-refractivity contribution in [2.75, 3.05) is 6.54 Å². The Labute approximate surface area is 130 Å². The molecule has 0 atom stereocenters. The number of amides is 1. The Kier molecular flexibility index (Phi) is 5.57. The molecule has 1 aliphatic rings.